The number of hydrogen-bond donors (Lipinski definition) is 1. The van der Waals surface area contributed by atoms with Crippen molar-refractivity contribution in [3.05, 3.63) is 55.8 Å². The largest absolute Gasteiger partial charge is 0.345 e. The van der Waals surface area contributed by atoms with Crippen LogP contribution in [0.15, 0.2) is 55.8 Å². The van der Waals surface area contributed by atoms with Crippen molar-refractivity contribution in [2.24, 2.45) is 0 Å². The molecule has 0 saturated heterocycles. The first-order chi connectivity index (χ1) is 9.43. The van der Waals surface area contributed by atoms with Crippen LogP contribution in [-0.2, 0) is 0 Å². The molecular weight excluding hydrogens is 240 g/mol. The molecule has 4 rings (SSSR count). The van der Waals surface area contributed by atoms with Crippen molar-refractivity contribution < 1.29 is 0 Å². The minimum absolute atomic E-state index is 0.838. The molecule has 0 atom stereocenters. The summed E-state index contributed by atoms with van der Waals surface area (Å²) in [5, 5.41) is 0. The Bertz CT molecular complexity index is 658. The summed E-state index contributed by atoms with van der Waals surface area (Å²) in [6.45, 7) is 0. The number of nitrogens with zero attached hydrogens (tertiary/aromatic N) is 5. The van der Waals surface area contributed by atoms with Crippen LogP contribution in [0.25, 0.3) is 22.3 Å². The lowest BCUT2D eigenvalue weighted by Crippen LogP contribution is -1.81. The minimum Gasteiger partial charge on any atom is -0.345 e. The molecule has 0 radical (unpaired) electrons. The fourth-order valence-corrected chi connectivity index (χ4v) is 1.60. The van der Waals surface area contributed by atoms with E-state index in [0.29, 0.717) is 0 Å². The van der Waals surface area contributed by atoms with Gasteiger partial charge in [0.15, 0.2) is 0 Å². The molecule has 1 N–H and O–H groups in total. The molecule has 2 aliphatic heterocycles. The van der Waals surface area contributed by atoms with Crippen LogP contribution in [-0.4, -0.2) is 29.9 Å². The monoisotopic (exact) mass is 250 g/mol. The van der Waals surface area contributed by atoms with Gasteiger partial charge in [0.2, 0.25) is 0 Å². The van der Waals surface area contributed by atoms with Gasteiger partial charge in [-0.2, -0.15) is 0 Å². The number of H-pyrrole nitrogens is 1. The van der Waals surface area contributed by atoms with Crippen LogP contribution in [0.2, 0.25) is 0 Å². The number of fused-ring (bicyclic) bond motifs is 2. The Kier molecular flexibility index (Phi) is 3.05. The number of aromatic nitrogens is 6. The fourth-order valence-electron chi connectivity index (χ4n) is 1.60. The first kappa shape index (κ1) is 11.2. The van der Waals surface area contributed by atoms with Gasteiger partial charge in [-0.15, -0.1) is 0 Å². The molecule has 6 heteroatoms. The number of pyridine rings is 1. The van der Waals surface area contributed by atoms with Crippen LogP contribution < -0.4 is 0 Å². The average Bonchev–Trinajstić information content (AvgIpc) is 2.96. The third-order valence-electron chi connectivity index (χ3n) is 2.51. The van der Waals surface area contributed by atoms with Gasteiger partial charge in [0.05, 0.1) is 29.9 Å². The average molecular weight is 250 g/mol. The van der Waals surface area contributed by atoms with E-state index in [-0.39, 0.29) is 0 Å². The molecule has 0 amide bonds. The number of rotatable bonds is 0. The van der Waals surface area contributed by atoms with E-state index in [4.69, 9.17) is 0 Å². The van der Waals surface area contributed by atoms with Crippen molar-refractivity contribution in [2.75, 3.05) is 0 Å². The van der Waals surface area contributed by atoms with Crippen molar-refractivity contribution in [3.63, 3.8) is 0 Å². The summed E-state index contributed by atoms with van der Waals surface area (Å²) in [7, 11) is 0. The molecule has 0 bridgehead atoms. The predicted octanol–water partition coefficient (Wildman–Crippen LogP) is 1.93. The molecule has 0 aliphatic carbocycles. The summed E-state index contributed by atoms with van der Waals surface area (Å²) in [4.78, 5) is 22.7. The maximum atomic E-state index is 4.06. The third-order valence-corrected chi connectivity index (χ3v) is 2.51. The lowest BCUT2D eigenvalue weighted by atomic mass is 10.3. The van der Waals surface area contributed by atoms with E-state index in [1.165, 1.54) is 6.33 Å². The Balaban J connectivity index is 0.000000117. The highest BCUT2D eigenvalue weighted by Gasteiger charge is 1.98. The second-order valence-corrected chi connectivity index (χ2v) is 3.76. The number of aromatic amines is 1. The van der Waals surface area contributed by atoms with Crippen molar-refractivity contribution in [1.82, 2.24) is 29.9 Å². The minimum atomic E-state index is 0.838. The molecule has 2 aliphatic rings. The Hall–Kier alpha value is -2.89. The zero-order chi connectivity index (χ0) is 12.9. The van der Waals surface area contributed by atoms with Crippen molar-refractivity contribution in [3.8, 4) is 11.3 Å². The lowest BCUT2D eigenvalue weighted by Gasteiger charge is -1.91. The highest BCUT2D eigenvalue weighted by Crippen LogP contribution is 2.13. The van der Waals surface area contributed by atoms with E-state index < -0.39 is 0 Å². The van der Waals surface area contributed by atoms with Gasteiger partial charge in [-0.25, -0.2) is 15.0 Å². The van der Waals surface area contributed by atoms with E-state index in [9.17, 15) is 0 Å². The predicted molar refractivity (Wildman–Crippen MR) is 70.3 cm³/mol. The van der Waals surface area contributed by atoms with Crippen LogP contribution in [0.5, 0.6) is 0 Å². The van der Waals surface area contributed by atoms with Crippen LogP contribution in [0.1, 0.15) is 0 Å². The van der Waals surface area contributed by atoms with Gasteiger partial charge in [-0.1, -0.05) is 0 Å². The number of hydrogen-bond acceptors (Lipinski definition) is 5. The topological polar surface area (TPSA) is 80.2 Å². The van der Waals surface area contributed by atoms with Crippen molar-refractivity contribution >= 4 is 11.0 Å². The lowest BCUT2D eigenvalue weighted by molar-refractivity contribution is 1.18. The van der Waals surface area contributed by atoms with Gasteiger partial charge >= 0.3 is 0 Å². The van der Waals surface area contributed by atoms with Gasteiger partial charge in [0.1, 0.15) is 11.8 Å². The molecule has 0 spiro atoms. The standard InChI is InChI=1S/C7H5N3.C6H5N3/c1-2-6-7(9-3-1)4-8-5-10-6;1-5-2-8-4-9-6(5)3-7-1/h1-5H;1-4H,(H,8,9). The van der Waals surface area contributed by atoms with Crippen LogP contribution >= 0.6 is 0 Å². The molecule has 19 heavy (non-hydrogen) atoms. The Labute approximate surface area is 109 Å². The molecule has 0 fully saturated rings. The Morgan fingerprint density at radius 3 is 2.68 bits per heavy atom. The molecule has 2 aromatic rings. The molecule has 4 heterocycles. The van der Waals surface area contributed by atoms with E-state index in [1.54, 1.807) is 37.3 Å². The van der Waals surface area contributed by atoms with Crippen LogP contribution in [0, 0.1) is 0 Å². The maximum Gasteiger partial charge on any atom is 0.116 e. The van der Waals surface area contributed by atoms with E-state index in [2.05, 4.69) is 29.9 Å². The summed E-state index contributed by atoms with van der Waals surface area (Å²) in [5.74, 6) is 0. The van der Waals surface area contributed by atoms with Crippen LogP contribution in [0.4, 0.5) is 0 Å². The number of nitrogens with one attached hydrogen (secondary N) is 1. The maximum absolute atomic E-state index is 4.06. The fraction of sp³-hybridized carbons (Fsp3) is 0. The first-order valence-electron chi connectivity index (χ1n) is 5.66. The zero-order valence-corrected chi connectivity index (χ0v) is 9.93. The van der Waals surface area contributed by atoms with Gasteiger partial charge in [-0.3, -0.25) is 9.97 Å². The van der Waals surface area contributed by atoms with Gasteiger partial charge < -0.3 is 4.98 Å². The van der Waals surface area contributed by atoms with E-state index in [1.807, 2.05) is 12.1 Å². The summed E-state index contributed by atoms with van der Waals surface area (Å²) >= 11 is 0. The second-order valence-electron chi connectivity index (χ2n) is 3.76. The Morgan fingerprint density at radius 2 is 1.79 bits per heavy atom. The molecule has 0 aromatic carbocycles. The van der Waals surface area contributed by atoms with Gasteiger partial charge in [-0.05, 0) is 12.1 Å². The Morgan fingerprint density at radius 1 is 0.842 bits per heavy atom. The highest BCUT2D eigenvalue weighted by atomic mass is 14.9. The summed E-state index contributed by atoms with van der Waals surface area (Å²) in [6.07, 6.45) is 11.9. The van der Waals surface area contributed by atoms with Gasteiger partial charge in [0.25, 0.3) is 0 Å². The van der Waals surface area contributed by atoms with Crippen molar-refractivity contribution in [1.29, 1.82) is 0 Å². The molecular formula is C13H10N6. The van der Waals surface area contributed by atoms with Crippen LogP contribution in [0.3, 0.4) is 0 Å². The van der Waals surface area contributed by atoms with Gasteiger partial charge in [0, 0.05) is 24.2 Å². The molecule has 92 valence electrons. The molecule has 0 unspecified atom stereocenters. The summed E-state index contributed by atoms with van der Waals surface area (Å²) in [5.41, 5.74) is 3.81. The highest BCUT2D eigenvalue weighted by molar-refractivity contribution is 5.71. The molecule has 0 saturated carbocycles. The summed E-state index contributed by atoms with van der Waals surface area (Å²) in [6, 6.07) is 3.76. The zero-order valence-electron chi connectivity index (χ0n) is 9.93. The molecule has 6 nitrogen and oxygen atoms in total. The third kappa shape index (κ3) is 2.52. The van der Waals surface area contributed by atoms with Crippen molar-refractivity contribution in [2.45, 2.75) is 0 Å². The first-order valence-corrected chi connectivity index (χ1v) is 5.66. The van der Waals surface area contributed by atoms with E-state index in [0.717, 1.165) is 22.3 Å². The summed E-state index contributed by atoms with van der Waals surface area (Å²) < 4.78 is 0. The quantitative estimate of drug-likeness (QED) is 0.515. The van der Waals surface area contributed by atoms with E-state index >= 15 is 0 Å². The smallest absolute Gasteiger partial charge is 0.116 e. The second kappa shape index (κ2) is 5.18. The normalized spacial score (nSPS) is 10.1. The SMILES string of the molecule is c1cnc2cncnc2c1.c1ncc2cncc-2[nH]1. The molecule has 2 aromatic heterocycles.